The molecule has 4 heteroatoms. The second-order valence-corrected chi connectivity index (χ2v) is 4.08. The largest absolute Gasteiger partial charge is 0.496 e. The first-order valence-electron chi connectivity index (χ1n) is 5.96. The minimum atomic E-state index is 0.663. The molecule has 2 N–H and O–H groups in total. The average molecular weight is 241 g/mol. The van der Waals surface area contributed by atoms with E-state index in [4.69, 9.17) is 9.94 Å². The lowest BCUT2D eigenvalue weighted by molar-refractivity contribution is 0.389. The second kappa shape index (κ2) is 5.60. The summed E-state index contributed by atoms with van der Waals surface area (Å²) in [5.41, 5.74) is 6.13. The Morgan fingerprint density at radius 1 is 1.22 bits per heavy atom. The Labute approximate surface area is 108 Å². The van der Waals surface area contributed by atoms with Crippen LogP contribution in [-0.4, -0.2) is 20.2 Å². The quantitative estimate of drug-likeness (QED) is 0.637. The molecule has 0 spiro atoms. The van der Waals surface area contributed by atoms with E-state index in [0.29, 0.717) is 5.69 Å². The van der Waals surface area contributed by atoms with Gasteiger partial charge in [-0.25, -0.2) is 0 Å². The van der Waals surface area contributed by atoms with Crippen LogP contribution in [0, 0.1) is 0 Å². The summed E-state index contributed by atoms with van der Waals surface area (Å²) in [7, 11) is 3.79. The second-order valence-electron chi connectivity index (χ2n) is 4.08. The molecule has 0 aliphatic carbocycles. The number of benzene rings is 2. The van der Waals surface area contributed by atoms with Crippen molar-refractivity contribution in [1.29, 1.82) is 0 Å². The topological polar surface area (TPSA) is 41.5 Å². The van der Waals surface area contributed by atoms with Crippen molar-refractivity contribution in [1.82, 2.24) is 0 Å². The molecule has 2 rings (SSSR count). The van der Waals surface area contributed by atoms with Crippen molar-refractivity contribution in [3.63, 3.8) is 0 Å². The molecule has 0 saturated heterocycles. The van der Waals surface area contributed by atoms with E-state index in [2.05, 4.69) is 25.5 Å². The Hall–Kier alpha value is -1.94. The highest BCUT2D eigenvalue weighted by Crippen LogP contribution is 2.32. The highest BCUT2D eigenvalue weighted by Gasteiger charge is 2.07. The normalized spacial score (nSPS) is 10.1. The van der Waals surface area contributed by atoms with Crippen molar-refractivity contribution < 1.29 is 9.94 Å². The molecule has 0 bridgehead atoms. The minimum absolute atomic E-state index is 0.663. The molecule has 92 valence electrons. The third kappa shape index (κ3) is 2.49. The summed E-state index contributed by atoms with van der Waals surface area (Å²) >= 11 is 0. The van der Waals surface area contributed by atoms with Gasteiger partial charge in [0.15, 0.2) is 0 Å². The van der Waals surface area contributed by atoms with E-state index in [1.807, 2.05) is 24.3 Å². The molecular weight excluding hydrogens is 225 g/mol. The van der Waals surface area contributed by atoms with Crippen molar-refractivity contribution in [2.45, 2.75) is 6.32 Å². The van der Waals surface area contributed by atoms with E-state index in [9.17, 15) is 0 Å². The van der Waals surface area contributed by atoms with Crippen LogP contribution in [0.4, 0.5) is 5.69 Å². The van der Waals surface area contributed by atoms with Gasteiger partial charge in [0.05, 0.1) is 12.8 Å². The molecule has 0 heterocycles. The first kappa shape index (κ1) is 12.5. The molecule has 0 radical (unpaired) electrons. The zero-order valence-corrected chi connectivity index (χ0v) is 10.6. The molecular formula is C14H16BNO2. The fourth-order valence-electron chi connectivity index (χ4n) is 1.96. The molecule has 0 atom stereocenters. The number of hydrogen-bond acceptors (Lipinski definition) is 3. The van der Waals surface area contributed by atoms with Gasteiger partial charge in [-0.05, 0) is 29.8 Å². The van der Waals surface area contributed by atoms with E-state index < -0.39 is 0 Å². The van der Waals surface area contributed by atoms with Gasteiger partial charge in [-0.2, -0.15) is 0 Å². The number of nitrogens with one attached hydrogen (secondary N) is 1. The number of ether oxygens (including phenoxy) is 1. The molecule has 2 aromatic rings. The van der Waals surface area contributed by atoms with Crippen LogP contribution in [0.3, 0.4) is 0 Å². The SMILES string of the molecule is BCc1ccc(OC)c(-c2cccc(NO)c2)c1. The molecule has 2 aromatic carbocycles. The van der Waals surface area contributed by atoms with Crippen LogP contribution in [0.25, 0.3) is 11.1 Å². The number of hydrogen-bond donors (Lipinski definition) is 2. The van der Waals surface area contributed by atoms with Crippen molar-refractivity contribution in [2.75, 3.05) is 12.6 Å². The Morgan fingerprint density at radius 3 is 2.72 bits per heavy atom. The fraction of sp³-hybridized carbons (Fsp3) is 0.143. The standard InChI is InChI=1S/C14H16BNO2/c1-18-14-6-5-10(9-15)7-13(14)11-3-2-4-12(8-11)16-17/h2-8,16-17H,9,15H2,1H3. The lowest BCUT2D eigenvalue weighted by Gasteiger charge is -2.11. The molecule has 0 aliphatic rings. The zero-order chi connectivity index (χ0) is 13.0. The number of rotatable bonds is 4. The van der Waals surface area contributed by atoms with Gasteiger partial charge in [-0.3, -0.25) is 10.7 Å². The molecule has 3 nitrogen and oxygen atoms in total. The van der Waals surface area contributed by atoms with Crippen LogP contribution in [0.1, 0.15) is 5.56 Å². The van der Waals surface area contributed by atoms with Crippen LogP contribution in [0.15, 0.2) is 42.5 Å². The lowest BCUT2D eigenvalue weighted by atomic mass is 9.93. The molecule has 0 saturated carbocycles. The van der Waals surface area contributed by atoms with E-state index in [1.54, 1.807) is 13.2 Å². The third-order valence-corrected chi connectivity index (χ3v) is 2.97. The van der Waals surface area contributed by atoms with E-state index >= 15 is 0 Å². The van der Waals surface area contributed by atoms with E-state index in [0.717, 1.165) is 23.2 Å². The summed E-state index contributed by atoms with van der Waals surface area (Å²) in [5.74, 6) is 0.835. The maximum absolute atomic E-state index is 8.95. The fourth-order valence-corrected chi connectivity index (χ4v) is 1.96. The zero-order valence-electron chi connectivity index (χ0n) is 10.6. The van der Waals surface area contributed by atoms with Gasteiger partial charge in [0, 0.05) is 5.56 Å². The molecule has 18 heavy (non-hydrogen) atoms. The summed E-state index contributed by atoms with van der Waals surface area (Å²) in [5, 5.41) is 8.95. The van der Waals surface area contributed by atoms with Crippen molar-refractivity contribution in [3.05, 3.63) is 48.0 Å². The van der Waals surface area contributed by atoms with Crippen LogP contribution >= 0.6 is 0 Å². The van der Waals surface area contributed by atoms with Crippen molar-refractivity contribution in [2.24, 2.45) is 0 Å². The first-order chi connectivity index (χ1) is 8.78. The van der Waals surface area contributed by atoms with E-state index in [1.165, 1.54) is 5.56 Å². The molecule has 0 aliphatic heterocycles. The first-order valence-corrected chi connectivity index (χ1v) is 5.96. The van der Waals surface area contributed by atoms with Crippen LogP contribution in [0.5, 0.6) is 5.75 Å². The van der Waals surface area contributed by atoms with Gasteiger partial charge < -0.3 is 4.74 Å². The van der Waals surface area contributed by atoms with Gasteiger partial charge in [0.2, 0.25) is 0 Å². The predicted octanol–water partition coefficient (Wildman–Crippen LogP) is 2.30. The number of anilines is 1. The molecule has 0 amide bonds. The summed E-state index contributed by atoms with van der Waals surface area (Å²) in [6, 6.07) is 13.8. The summed E-state index contributed by atoms with van der Waals surface area (Å²) in [4.78, 5) is 0. The highest BCUT2D eigenvalue weighted by molar-refractivity contribution is 6.08. The smallest absolute Gasteiger partial charge is 0.126 e. The van der Waals surface area contributed by atoms with Gasteiger partial charge in [-0.1, -0.05) is 30.1 Å². The maximum atomic E-state index is 8.95. The minimum Gasteiger partial charge on any atom is -0.496 e. The lowest BCUT2D eigenvalue weighted by Crippen LogP contribution is -1.93. The highest BCUT2D eigenvalue weighted by atomic mass is 16.5. The Balaban J connectivity index is 2.53. The van der Waals surface area contributed by atoms with Crippen LogP contribution in [-0.2, 0) is 6.32 Å². The summed E-state index contributed by atoms with van der Waals surface area (Å²) in [6.45, 7) is 0. The maximum Gasteiger partial charge on any atom is 0.126 e. The van der Waals surface area contributed by atoms with Gasteiger partial charge in [-0.15, -0.1) is 0 Å². The van der Waals surface area contributed by atoms with E-state index in [-0.39, 0.29) is 0 Å². The summed E-state index contributed by atoms with van der Waals surface area (Å²) in [6.07, 6.45) is 0.981. The Morgan fingerprint density at radius 2 is 2.06 bits per heavy atom. The number of methoxy groups -OCH3 is 1. The monoisotopic (exact) mass is 241 g/mol. The van der Waals surface area contributed by atoms with Crippen LogP contribution in [0.2, 0.25) is 0 Å². The molecule has 0 unspecified atom stereocenters. The van der Waals surface area contributed by atoms with Gasteiger partial charge >= 0.3 is 0 Å². The average Bonchev–Trinajstić information content (AvgIpc) is 2.46. The molecule has 0 aromatic heterocycles. The van der Waals surface area contributed by atoms with Crippen molar-refractivity contribution in [3.8, 4) is 16.9 Å². The Kier molecular flexibility index (Phi) is 3.90. The van der Waals surface area contributed by atoms with Gasteiger partial charge in [0.1, 0.15) is 13.6 Å². The van der Waals surface area contributed by atoms with Crippen LogP contribution < -0.4 is 10.2 Å². The van der Waals surface area contributed by atoms with Gasteiger partial charge in [0.25, 0.3) is 0 Å². The third-order valence-electron chi connectivity index (χ3n) is 2.97. The van der Waals surface area contributed by atoms with Crippen molar-refractivity contribution >= 4 is 13.5 Å². The molecule has 0 fully saturated rings. The Bertz CT molecular complexity index is 543. The predicted molar refractivity (Wildman–Crippen MR) is 76.1 cm³/mol. The summed E-state index contributed by atoms with van der Waals surface area (Å²) < 4.78 is 5.39.